The molecule has 8 unspecified atom stereocenters. The first-order valence-electron chi connectivity index (χ1n) is 5.45. The average Bonchev–Trinajstić information content (AvgIpc) is 2.48. The second-order valence-corrected chi connectivity index (χ2v) is 4.06. The van der Waals surface area contributed by atoms with E-state index in [4.69, 9.17) is 0 Å². The van der Waals surface area contributed by atoms with Crippen LogP contribution in [0.15, 0.2) is 0 Å². The van der Waals surface area contributed by atoms with Gasteiger partial charge in [0.2, 0.25) is 0 Å². The molecule has 0 aliphatic rings. The summed E-state index contributed by atoms with van der Waals surface area (Å²) in [5.74, 6) is -2.77. The number of carbonyl (C=O) groups is 1. The smallest absolute Gasteiger partial charge is 0.547 e. The van der Waals surface area contributed by atoms with E-state index >= 15 is 0 Å². The van der Waals surface area contributed by atoms with Gasteiger partial charge in [-0.3, -0.25) is 0 Å². The largest absolute Gasteiger partial charge is 1.00 e. The van der Waals surface area contributed by atoms with E-state index in [2.05, 4.69) is 0 Å². The Morgan fingerprint density at radius 1 is 0.727 bits per heavy atom. The molecule has 0 spiro atoms. The van der Waals surface area contributed by atoms with Gasteiger partial charge in [0.15, 0.2) is 49.4 Å². The van der Waals surface area contributed by atoms with Crippen LogP contribution in [0.25, 0.3) is 0 Å². The number of carboxylic acid groups (broad SMARTS) is 1. The van der Waals surface area contributed by atoms with E-state index < -0.39 is 62.0 Å². The zero-order valence-corrected chi connectivity index (χ0v) is 14.2. The van der Waals surface area contributed by atoms with Crippen molar-refractivity contribution in [3.8, 4) is 0 Å². The Morgan fingerprint density at radius 3 is 1.36 bits per heavy atom. The molecule has 0 heterocycles. The Labute approximate surface area is 161 Å². The number of halogens is 9. The van der Waals surface area contributed by atoms with E-state index in [0.29, 0.717) is 0 Å². The van der Waals surface area contributed by atoms with Gasteiger partial charge >= 0.3 is 51.4 Å². The molecule has 0 fully saturated rings. The van der Waals surface area contributed by atoms with Gasteiger partial charge in [-0.1, -0.05) is 0 Å². The van der Waals surface area contributed by atoms with Crippen molar-refractivity contribution >= 4 is 5.97 Å². The predicted octanol–water partition coefficient (Wildman–Crippen LogP) is -1.59. The van der Waals surface area contributed by atoms with Crippen LogP contribution in [0.1, 0.15) is 0 Å². The second-order valence-electron chi connectivity index (χ2n) is 4.06. The van der Waals surface area contributed by atoms with Crippen molar-refractivity contribution in [1.82, 2.24) is 0 Å². The molecular formula is C10H10F9KO2. The van der Waals surface area contributed by atoms with Crippen LogP contribution in [0, 0.1) is 0 Å². The molecule has 12 heteroatoms. The minimum atomic E-state index is -3.84. The number of rotatable bonds is 9. The van der Waals surface area contributed by atoms with Crippen molar-refractivity contribution in [1.29, 1.82) is 0 Å². The van der Waals surface area contributed by atoms with Gasteiger partial charge < -0.3 is 9.90 Å². The summed E-state index contributed by atoms with van der Waals surface area (Å²) in [6.07, 6.45) is -29.2. The summed E-state index contributed by atoms with van der Waals surface area (Å²) in [5, 5.41) is 9.87. The van der Waals surface area contributed by atoms with Gasteiger partial charge in [-0.25, -0.2) is 39.5 Å². The molecule has 0 saturated heterocycles. The Bertz CT molecular complexity index is 338. The number of hydrogen-bond donors (Lipinski definition) is 0. The van der Waals surface area contributed by atoms with E-state index in [0.717, 1.165) is 0 Å². The summed E-state index contributed by atoms with van der Waals surface area (Å²) in [6, 6.07) is 0. The molecular weight excluding hydrogens is 362 g/mol. The minimum Gasteiger partial charge on any atom is -0.547 e. The van der Waals surface area contributed by atoms with Crippen molar-refractivity contribution in [2.75, 3.05) is 6.67 Å². The number of aliphatic carboxylic acids is 1. The van der Waals surface area contributed by atoms with Gasteiger partial charge in [-0.05, 0) is 0 Å². The van der Waals surface area contributed by atoms with Crippen LogP contribution in [0.2, 0.25) is 0 Å². The molecule has 22 heavy (non-hydrogen) atoms. The predicted molar refractivity (Wildman–Crippen MR) is 50.2 cm³/mol. The maximum absolute atomic E-state index is 13.0. The van der Waals surface area contributed by atoms with Gasteiger partial charge in [-0.2, -0.15) is 0 Å². The quantitative estimate of drug-likeness (QED) is 0.362. The van der Waals surface area contributed by atoms with E-state index in [1.807, 2.05) is 0 Å². The molecule has 0 N–H and O–H groups in total. The number of alkyl halides is 9. The molecule has 0 aromatic heterocycles. The third-order valence-electron chi connectivity index (χ3n) is 2.52. The Balaban J connectivity index is 0. The normalized spacial score (nSPS) is 22.4. The van der Waals surface area contributed by atoms with Gasteiger partial charge in [0, 0.05) is 0 Å². The van der Waals surface area contributed by atoms with Crippen molar-refractivity contribution in [2.24, 2.45) is 0 Å². The minimum absolute atomic E-state index is 0. The van der Waals surface area contributed by atoms with Crippen LogP contribution in [0.5, 0.6) is 0 Å². The van der Waals surface area contributed by atoms with Crippen molar-refractivity contribution < 1.29 is 101 Å². The molecule has 0 aliphatic heterocycles. The van der Waals surface area contributed by atoms with Crippen molar-refractivity contribution in [2.45, 2.75) is 49.4 Å². The van der Waals surface area contributed by atoms with E-state index in [1.54, 1.807) is 0 Å². The van der Waals surface area contributed by atoms with Gasteiger partial charge in [0.1, 0.15) is 6.67 Å². The summed E-state index contributed by atoms with van der Waals surface area (Å²) in [6.45, 7) is -2.08. The molecule has 2 nitrogen and oxygen atoms in total. The number of hydrogen-bond acceptors (Lipinski definition) is 2. The van der Waals surface area contributed by atoms with Gasteiger partial charge in [0.25, 0.3) is 0 Å². The maximum Gasteiger partial charge on any atom is 1.00 e. The number of carbonyl (C=O) groups excluding carboxylic acids is 1. The van der Waals surface area contributed by atoms with Crippen LogP contribution >= 0.6 is 0 Å². The molecule has 0 saturated carbocycles. The first-order chi connectivity index (χ1) is 9.56. The fourth-order valence-corrected chi connectivity index (χ4v) is 1.28. The van der Waals surface area contributed by atoms with Gasteiger partial charge in [0.05, 0.1) is 5.97 Å². The zero-order chi connectivity index (χ0) is 16.9. The third kappa shape index (κ3) is 6.53. The Hall–Kier alpha value is 0.476. The third-order valence-corrected chi connectivity index (χ3v) is 2.52. The maximum atomic E-state index is 13.0. The second kappa shape index (κ2) is 11.1. The molecule has 0 amide bonds. The summed E-state index contributed by atoms with van der Waals surface area (Å²) in [4.78, 5) is 9.87. The molecule has 0 radical (unpaired) electrons. The molecule has 0 rings (SSSR count). The van der Waals surface area contributed by atoms with Crippen LogP contribution in [-0.4, -0.2) is 62.0 Å². The number of carboxylic acids is 1. The SMILES string of the molecule is O=C([O-])C(F)C(F)C(F)C(F)C(F)C(F)C(F)C(F)CF.[K+]. The molecule has 0 aromatic rings. The summed E-state index contributed by atoms with van der Waals surface area (Å²) < 4.78 is 114. The molecule has 8 atom stereocenters. The van der Waals surface area contributed by atoms with E-state index in [-0.39, 0.29) is 51.4 Å². The average molecular weight is 372 g/mol. The molecule has 126 valence electrons. The summed E-state index contributed by atoms with van der Waals surface area (Å²) >= 11 is 0. The molecule has 0 aliphatic carbocycles. The zero-order valence-electron chi connectivity index (χ0n) is 11.0. The van der Waals surface area contributed by atoms with Crippen LogP contribution < -0.4 is 56.5 Å². The van der Waals surface area contributed by atoms with Crippen LogP contribution in [0.3, 0.4) is 0 Å². The van der Waals surface area contributed by atoms with Crippen LogP contribution in [0.4, 0.5) is 39.5 Å². The monoisotopic (exact) mass is 372 g/mol. The molecule has 0 aromatic carbocycles. The Morgan fingerprint density at radius 2 is 1.05 bits per heavy atom. The van der Waals surface area contributed by atoms with Crippen molar-refractivity contribution in [3.63, 3.8) is 0 Å². The van der Waals surface area contributed by atoms with Crippen molar-refractivity contribution in [3.05, 3.63) is 0 Å². The topological polar surface area (TPSA) is 40.1 Å². The first kappa shape index (κ1) is 24.7. The first-order valence-corrected chi connectivity index (χ1v) is 5.45. The molecule has 0 bridgehead atoms. The van der Waals surface area contributed by atoms with E-state index in [1.165, 1.54) is 0 Å². The standard InChI is InChI=1S/C10H11F9O2.K/c11-1-2(12)3(13)4(14)5(15)6(16)7(17)8(18)9(19)10(20)21;/h2-9H,1H2,(H,20,21);/q;+1/p-1. The Kier molecular flexibility index (Phi) is 12.5. The fourth-order valence-electron chi connectivity index (χ4n) is 1.28. The van der Waals surface area contributed by atoms with E-state index in [9.17, 15) is 49.4 Å². The van der Waals surface area contributed by atoms with Crippen LogP contribution in [-0.2, 0) is 4.79 Å². The summed E-state index contributed by atoms with van der Waals surface area (Å²) in [7, 11) is 0. The summed E-state index contributed by atoms with van der Waals surface area (Å²) in [5.41, 5.74) is 0. The fraction of sp³-hybridized carbons (Fsp3) is 0.900. The van der Waals surface area contributed by atoms with Gasteiger partial charge in [-0.15, -0.1) is 0 Å².